The molecule has 3 aromatic rings. The van der Waals surface area contributed by atoms with Gasteiger partial charge in [-0.3, -0.25) is 0 Å². The molecule has 0 radical (unpaired) electrons. The quantitative estimate of drug-likeness (QED) is 0.0860. The summed E-state index contributed by atoms with van der Waals surface area (Å²) >= 11 is 0. The number of carbonyl (C=O) groups excluding carboxylic acids is 1. The maximum Gasteiger partial charge on any atom is 0.343 e. The third kappa shape index (κ3) is 11.3. The zero-order chi connectivity index (χ0) is 31.1. The zero-order valence-corrected chi connectivity index (χ0v) is 26.1. The molecule has 0 saturated carbocycles. The van der Waals surface area contributed by atoms with Gasteiger partial charge >= 0.3 is 5.97 Å². The van der Waals surface area contributed by atoms with Crippen LogP contribution in [0.4, 0.5) is 0 Å². The summed E-state index contributed by atoms with van der Waals surface area (Å²) in [6.45, 7) is 10.1. The average Bonchev–Trinajstić information content (AvgIpc) is 3.03. The number of unbranched alkanes of at least 4 members (excludes halogenated alkanes) is 3. The van der Waals surface area contributed by atoms with Crippen molar-refractivity contribution in [2.75, 3.05) is 39.6 Å². The zero-order valence-electron chi connectivity index (χ0n) is 26.1. The van der Waals surface area contributed by atoms with Gasteiger partial charge in [0.1, 0.15) is 17.2 Å². The van der Waals surface area contributed by atoms with Crippen LogP contribution in [0.5, 0.6) is 17.2 Å². The molecule has 0 aromatic heterocycles. The van der Waals surface area contributed by atoms with Gasteiger partial charge in [0, 0.05) is 12.0 Å². The van der Waals surface area contributed by atoms with E-state index in [9.17, 15) is 15.0 Å². The highest BCUT2D eigenvalue weighted by Gasteiger charge is 2.22. The van der Waals surface area contributed by atoms with Crippen LogP contribution in [0.15, 0.2) is 66.7 Å². The Labute approximate surface area is 256 Å². The Balaban J connectivity index is 1.39. The number of hydrogen-bond donors (Lipinski definition) is 2. The van der Waals surface area contributed by atoms with E-state index in [2.05, 4.69) is 13.8 Å². The van der Waals surface area contributed by atoms with Gasteiger partial charge in [-0.2, -0.15) is 0 Å². The molecule has 0 aliphatic carbocycles. The molecule has 7 nitrogen and oxygen atoms in total. The molecule has 1 atom stereocenters. The van der Waals surface area contributed by atoms with Gasteiger partial charge in [0.05, 0.1) is 38.6 Å². The Kier molecular flexibility index (Phi) is 14.0. The summed E-state index contributed by atoms with van der Waals surface area (Å²) in [7, 11) is 0. The molecule has 3 rings (SSSR count). The predicted octanol–water partition coefficient (Wildman–Crippen LogP) is 7.25. The molecule has 0 aliphatic heterocycles. The molecule has 0 bridgehead atoms. The Morgan fingerprint density at radius 1 is 0.814 bits per heavy atom. The fourth-order valence-electron chi connectivity index (χ4n) is 4.22. The Bertz CT molecular complexity index is 1230. The van der Waals surface area contributed by atoms with E-state index in [0.29, 0.717) is 43.7 Å². The van der Waals surface area contributed by atoms with Crippen molar-refractivity contribution >= 4 is 5.97 Å². The van der Waals surface area contributed by atoms with Crippen LogP contribution in [0.2, 0.25) is 0 Å². The van der Waals surface area contributed by atoms with E-state index in [-0.39, 0.29) is 13.2 Å². The molecule has 0 saturated heterocycles. The fraction of sp³-hybridized carbons (Fsp3) is 0.472. The number of hydrogen-bond acceptors (Lipinski definition) is 7. The van der Waals surface area contributed by atoms with Gasteiger partial charge < -0.3 is 29.2 Å². The minimum atomic E-state index is -0.583. The number of carbonyl (C=O) groups is 1. The largest absolute Gasteiger partial charge is 0.493 e. The van der Waals surface area contributed by atoms with Gasteiger partial charge in [0.25, 0.3) is 0 Å². The highest BCUT2D eigenvalue weighted by Crippen LogP contribution is 2.26. The number of aryl methyl sites for hydroxylation is 1. The predicted molar refractivity (Wildman–Crippen MR) is 170 cm³/mol. The van der Waals surface area contributed by atoms with E-state index >= 15 is 0 Å². The number of aliphatic hydroxyl groups excluding tert-OH is 2. The lowest BCUT2D eigenvalue weighted by Gasteiger charge is -2.24. The molecule has 7 heteroatoms. The van der Waals surface area contributed by atoms with Crippen molar-refractivity contribution in [2.24, 2.45) is 11.3 Å². The smallest absolute Gasteiger partial charge is 0.343 e. The lowest BCUT2D eigenvalue weighted by atomic mass is 9.95. The van der Waals surface area contributed by atoms with Gasteiger partial charge in [0.15, 0.2) is 0 Å². The second kappa shape index (κ2) is 17.7. The second-order valence-electron chi connectivity index (χ2n) is 11.7. The van der Waals surface area contributed by atoms with Crippen molar-refractivity contribution in [3.63, 3.8) is 0 Å². The summed E-state index contributed by atoms with van der Waals surface area (Å²) < 4.78 is 23.0. The minimum Gasteiger partial charge on any atom is -0.493 e. The lowest BCUT2D eigenvalue weighted by molar-refractivity contribution is -0.0169. The lowest BCUT2D eigenvalue weighted by Crippen LogP contribution is -2.31. The van der Waals surface area contributed by atoms with E-state index in [1.54, 1.807) is 31.2 Å². The van der Waals surface area contributed by atoms with E-state index < -0.39 is 11.4 Å². The van der Waals surface area contributed by atoms with Gasteiger partial charge in [0.2, 0.25) is 0 Å². The molecular weight excluding hydrogens is 544 g/mol. The molecule has 43 heavy (non-hydrogen) atoms. The first-order valence-corrected chi connectivity index (χ1v) is 15.4. The van der Waals surface area contributed by atoms with Crippen molar-refractivity contribution in [3.8, 4) is 28.4 Å². The number of rotatable bonds is 19. The van der Waals surface area contributed by atoms with E-state index in [1.807, 2.05) is 49.4 Å². The molecule has 234 valence electrons. The van der Waals surface area contributed by atoms with Crippen molar-refractivity contribution < 1.29 is 34.0 Å². The standard InChI is InChI=1S/C36H48O7/c1-5-27(2)23-42-32-15-10-29(11-16-32)30-12-17-33(18-13-30)43-35(39)31-14-19-34(28(3)22-31)41-21-9-7-6-8-20-40-26-36(4,24-37)25-38/h10-19,22,27,37-38H,5-9,20-21,23-26H2,1-4H3. The number of aliphatic hydroxyl groups is 2. The molecule has 2 N–H and O–H groups in total. The first-order chi connectivity index (χ1) is 20.8. The van der Waals surface area contributed by atoms with Gasteiger partial charge in [-0.15, -0.1) is 0 Å². The van der Waals surface area contributed by atoms with Gasteiger partial charge in [-0.25, -0.2) is 4.79 Å². The summed E-state index contributed by atoms with van der Waals surface area (Å²) in [6.07, 6.45) is 4.96. The molecule has 0 fully saturated rings. The van der Waals surface area contributed by atoms with Crippen molar-refractivity contribution in [2.45, 2.75) is 59.8 Å². The van der Waals surface area contributed by atoms with Crippen LogP contribution in [0.1, 0.15) is 68.8 Å². The summed E-state index contributed by atoms with van der Waals surface area (Å²) in [5.74, 6) is 2.22. The molecule has 3 aromatic carbocycles. The highest BCUT2D eigenvalue weighted by atomic mass is 16.5. The maximum absolute atomic E-state index is 12.8. The van der Waals surface area contributed by atoms with E-state index in [4.69, 9.17) is 18.9 Å². The molecule has 0 spiro atoms. The van der Waals surface area contributed by atoms with Crippen LogP contribution in [0.3, 0.4) is 0 Å². The van der Waals surface area contributed by atoms with E-state index in [0.717, 1.165) is 60.3 Å². The second-order valence-corrected chi connectivity index (χ2v) is 11.7. The molecule has 1 unspecified atom stereocenters. The van der Waals surface area contributed by atoms with Crippen LogP contribution >= 0.6 is 0 Å². The van der Waals surface area contributed by atoms with Crippen LogP contribution in [0.25, 0.3) is 11.1 Å². The number of ether oxygens (including phenoxy) is 4. The SMILES string of the molecule is CCC(C)COc1ccc(-c2ccc(OC(=O)c3ccc(OCCCCCCOCC(C)(CO)CO)c(C)c3)cc2)cc1. The van der Waals surface area contributed by atoms with Crippen LogP contribution in [-0.4, -0.2) is 55.8 Å². The third-order valence-corrected chi connectivity index (χ3v) is 7.55. The number of esters is 1. The van der Waals surface area contributed by atoms with Crippen molar-refractivity contribution in [1.29, 1.82) is 0 Å². The van der Waals surface area contributed by atoms with Gasteiger partial charge in [-0.1, -0.05) is 57.9 Å². The Hall–Kier alpha value is -3.39. The van der Waals surface area contributed by atoms with Crippen LogP contribution in [-0.2, 0) is 4.74 Å². The van der Waals surface area contributed by atoms with Crippen molar-refractivity contribution in [1.82, 2.24) is 0 Å². The average molecular weight is 593 g/mol. The normalized spacial score (nSPS) is 12.1. The Morgan fingerprint density at radius 2 is 1.42 bits per heavy atom. The van der Waals surface area contributed by atoms with Gasteiger partial charge in [-0.05, 0) is 91.3 Å². The summed E-state index contributed by atoms with van der Waals surface area (Å²) in [5, 5.41) is 18.6. The summed E-state index contributed by atoms with van der Waals surface area (Å²) in [4.78, 5) is 12.8. The van der Waals surface area contributed by atoms with E-state index in [1.165, 1.54) is 0 Å². The summed E-state index contributed by atoms with van der Waals surface area (Å²) in [5.41, 5.74) is 2.86. The topological polar surface area (TPSA) is 94.5 Å². The fourth-order valence-corrected chi connectivity index (χ4v) is 4.22. The summed E-state index contributed by atoms with van der Waals surface area (Å²) in [6, 6.07) is 20.9. The maximum atomic E-state index is 12.8. The first-order valence-electron chi connectivity index (χ1n) is 15.4. The van der Waals surface area contributed by atoms with Crippen LogP contribution < -0.4 is 14.2 Å². The highest BCUT2D eigenvalue weighted by molar-refractivity contribution is 5.91. The minimum absolute atomic E-state index is 0.0952. The monoisotopic (exact) mass is 592 g/mol. The molecular formula is C36H48O7. The molecule has 0 aliphatic rings. The Morgan fingerprint density at radius 3 is 2.00 bits per heavy atom. The third-order valence-electron chi connectivity index (χ3n) is 7.55. The number of benzene rings is 3. The van der Waals surface area contributed by atoms with Crippen molar-refractivity contribution in [3.05, 3.63) is 77.9 Å². The first kappa shape index (κ1) is 34.1. The van der Waals surface area contributed by atoms with Crippen LogP contribution in [0, 0.1) is 18.3 Å². The molecule has 0 amide bonds. The molecule has 0 heterocycles.